The van der Waals surface area contributed by atoms with Crippen LogP contribution in [0.5, 0.6) is 0 Å². The molecule has 3 N–H and O–H groups in total. The summed E-state index contributed by atoms with van der Waals surface area (Å²) in [4.78, 5) is 24.3. The van der Waals surface area contributed by atoms with E-state index in [0.29, 0.717) is 11.5 Å². The van der Waals surface area contributed by atoms with Crippen LogP contribution in [0.3, 0.4) is 0 Å². The van der Waals surface area contributed by atoms with Gasteiger partial charge in [0.05, 0.1) is 0 Å². The van der Waals surface area contributed by atoms with Crippen molar-refractivity contribution in [3.05, 3.63) is 35.9 Å². The molecule has 23 heavy (non-hydrogen) atoms. The quantitative estimate of drug-likeness (QED) is 0.574. The largest absolute Gasteiger partial charge is 0.352 e. The molecule has 0 aliphatic heterocycles. The lowest BCUT2D eigenvalue weighted by Gasteiger charge is -2.26. The van der Waals surface area contributed by atoms with E-state index in [9.17, 15) is 14.8 Å². The van der Waals surface area contributed by atoms with Crippen molar-refractivity contribution in [2.75, 3.05) is 7.05 Å². The van der Waals surface area contributed by atoms with E-state index in [-0.39, 0.29) is 11.9 Å². The highest BCUT2D eigenvalue weighted by Gasteiger charge is 2.25. The highest BCUT2D eigenvalue weighted by molar-refractivity contribution is 5.87. The fraction of sp³-hybridized carbons (Fsp3) is 0.529. The van der Waals surface area contributed by atoms with Crippen LogP contribution in [0.25, 0.3) is 0 Å². The van der Waals surface area contributed by atoms with E-state index in [1.54, 1.807) is 0 Å². The lowest BCUT2D eigenvalue weighted by Crippen LogP contribution is -2.53. The Labute approximate surface area is 136 Å². The topological polar surface area (TPSA) is 81.7 Å². The minimum atomic E-state index is -0.707. The van der Waals surface area contributed by atoms with Gasteiger partial charge < -0.3 is 10.6 Å². The molecule has 1 fully saturated rings. The summed E-state index contributed by atoms with van der Waals surface area (Å²) in [5.74, 6) is -0.198. The molecule has 0 heterocycles. The van der Waals surface area contributed by atoms with Crippen LogP contribution in [0.15, 0.2) is 30.3 Å². The van der Waals surface area contributed by atoms with Crippen LogP contribution >= 0.6 is 0 Å². The molecule has 2 rings (SSSR count). The minimum absolute atomic E-state index is 0.179. The first-order valence-electron chi connectivity index (χ1n) is 8.13. The third kappa shape index (κ3) is 5.56. The number of rotatable bonds is 5. The molecule has 6 nitrogen and oxygen atoms in total. The number of nitrogens with one attached hydrogen (secondary N) is 2. The Morgan fingerprint density at radius 1 is 1.22 bits per heavy atom. The van der Waals surface area contributed by atoms with Crippen LogP contribution in [0.1, 0.15) is 37.7 Å². The van der Waals surface area contributed by atoms with E-state index in [0.717, 1.165) is 31.2 Å². The molecule has 0 bridgehead atoms. The average Bonchev–Trinajstić information content (AvgIpc) is 2.56. The smallest absolute Gasteiger partial charge is 0.341 e. The number of nitrogens with zero attached hydrogens (tertiary/aromatic N) is 1. The molecule has 3 amide bonds. The zero-order chi connectivity index (χ0) is 16.7. The van der Waals surface area contributed by atoms with Gasteiger partial charge in [-0.25, -0.2) is 9.86 Å². The number of carbonyl (C=O) groups is 2. The Balaban J connectivity index is 2.01. The Morgan fingerprint density at radius 2 is 1.87 bits per heavy atom. The second-order valence-corrected chi connectivity index (χ2v) is 6.06. The van der Waals surface area contributed by atoms with Crippen molar-refractivity contribution < 1.29 is 14.8 Å². The third-order valence-corrected chi connectivity index (χ3v) is 4.14. The Hall–Kier alpha value is -2.08. The second kappa shape index (κ2) is 8.53. The van der Waals surface area contributed by atoms with Gasteiger partial charge in [-0.15, -0.1) is 0 Å². The van der Waals surface area contributed by atoms with Gasteiger partial charge in [-0.1, -0.05) is 49.6 Å². The summed E-state index contributed by atoms with van der Waals surface area (Å²) in [5, 5.41) is 15.3. The Morgan fingerprint density at radius 3 is 2.48 bits per heavy atom. The fourth-order valence-corrected chi connectivity index (χ4v) is 2.85. The number of hydrogen-bond donors (Lipinski definition) is 3. The van der Waals surface area contributed by atoms with Crippen molar-refractivity contribution in [3.8, 4) is 0 Å². The van der Waals surface area contributed by atoms with Crippen molar-refractivity contribution >= 4 is 11.9 Å². The Bertz CT molecular complexity index is 513. The number of benzene rings is 1. The number of urea groups is 1. The molecule has 0 saturated heterocycles. The molecule has 6 heteroatoms. The minimum Gasteiger partial charge on any atom is -0.352 e. The molecule has 1 aliphatic carbocycles. The van der Waals surface area contributed by atoms with Gasteiger partial charge in [0.1, 0.15) is 6.04 Å². The predicted molar refractivity (Wildman–Crippen MR) is 87.0 cm³/mol. The van der Waals surface area contributed by atoms with Gasteiger partial charge in [0.15, 0.2) is 0 Å². The van der Waals surface area contributed by atoms with E-state index in [4.69, 9.17) is 0 Å². The lowest BCUT2D eigenvalue weighted by molar-refractivity contribution is -0.124. The van der Waals surface area contributed by atoms with Crippen LogP contribution in [-0.2, 0) is 11.2 Å². The zero-order valence-corrected chi connectivity index (χ0v) is 13.5. The van der Waals surface area contributed by atoms with Crippen molar-refractivity contribution in [3.63, 3.8) is 0 Å². The molecular weight excluding hydrogens is 294 g/mol. The number of hydroxylamine groups is 2. The summed E-state index contributed by atoms with van der Waals surface area (Å²) >= 11 is 0. The van der Waals surface area contributed by atoms with E-state index < -0.39 is 12.1 Å². The van der Waals surface area contributed by atoms with Crippen molar-refractivity contribution in [1.29, 1.82) is 0 Å². The van der Waals surface area contributed by atoms with E-state index in [1.807, 2.05) is 30.3 Å². The molecule has 1 saturated carbocycles. The first-order chi connectivity index (χ1) is 11.1. The van der Waals surface area contributed by atoms with Crippen LogP contribution < -0.4 is 10.6 Å². The summed E-state index contributed by atoms with van der Waals surface area (Å²) < 4.78 is 0. The predicted octanol–water partition coefficient (Wildman–Crippen LogP) is 2.08. The second-order valence-electron chi connectivity index (χ2n) is 6.06. The summed E-state index contributed by atoms with van der Waals surface area (Å²) in [6.45, 7) is 0. The Kier molecular flexibility index (Phi) is 6.40. The molecule has 1 aromatic rings. The van der Waals surface area contributed by atoms with E-state index in [2.05, 4.69) is 10.6 Å². The van der Waals surface area contributed by atoms with Gasteiger partial charge >= 0.3 is 6.03 Å². The molecule has 0 aromatic heterocycles. The zero-order valence-electron chi connectivity index (χ0n) is 13.5. The monoisotopic (exact) mass is 319 g/mol. The number of amides is 3. The van der Waals surface area contributed by atoms with Gasteiger partial charge in [-0.05, 0) is 18.4 Å². The van der Waals surface area contributed by atoms with Gasteiger partial charge in [0.2, 0.25) is 5.91 Å². The van der Waals surface area contributed by atoms with Gasteiger partial charge in [-0.3, -0.25) is 10.0 Å². The average molecular weight is 319 g/mol. The SMILES string of the molecule is CN(O)C(=O)N[C@@H](Cc1ccccc1)C(=O)NC1CCCCC1. The maximum atomic E-state index is 12.5. The highest BCUT2D eigenvalue weighted by Crippen LogP contribution is 2.17. The number of carbonyl (C=O) groups excluding carboxylic acids is 2. The summed E-state index contributed by atoms with van der Waals surface area (Å²) in [5.41, 5.74) is 0.956. The molecule has 1 aliphatic rings. The fourth-order valence-electron chi connectivity index (χ4n) is 2.85. The highest BCUT2D eigenvalue weighted by atomic mass is 16.5. The summed E-state index contributed by atoms with van der Waals surface area (Å²) in [6, 6.07) is 8.30. The molecule has 0 unspecified atom stereocenters. The van der Waals surface area contributed by atoms with Gasteiger partial charge in [0.25, 0.3) is 0 Å². The molecule has 1 aromatic carbocycles. The standard InChI is InChI=1S/C17H25N3O3/c1-20(23)17(22)19-15(12-13-8-4-2-5-9-13)16(21)18-14-10-6-3-7-11-14/h2,4-5,8-9,14-15,23H,3,6-7,10-12H2,1H3,(H,18,21)(H,19,22)/t15-/m0/s1. The van der Waals surface area contributed by atoms with Crippen LogP contribution in [0.2, 0.25) is 0 Å². The number of hydrogen-bond acceptors (Lipinski definition) is 3. The van der Waals surface area contributed by atoms with Crippen molar-refractivity contribution in [1.82, 2.24) is 15.7 Å². The molecular formula is C17H25N3O3. The molecule has 0 radical (unpaired) electrons. The third-order valence-electron chi connectivity index (χ3n) is 4.14. The van der Waals surface area contributed by atoms with Crippen molar-refractivity contribution in [2.45, 2.75) is 50.6 Å². The summed E-state index contributed by atoms with van der Waals surface area (Å²) in [7, 11) is 1.23. The normalized spacial score (nSPS) is 16.4. The van der Waals surface area contributed by atoms with Crippen LogP contribution in [0.4, 0.5) is 4.79 Å². The molecule has 0 spiro atoms. The first-order valence-corrected chi connectivity index (χ1v) is 8.13. The molecule has 126 valence electrons. The summed E-state index contributed by atoms with van der Waals surface area (Å²) in [6.07, 6.45) is 5.82. The maximum Gasteiger partial charge on any atom is 0.341 e. The van der Waals surface area contributed by atoms with Crippen molar-refractivity contribution in [2.24, 2.45) is 0 Å². The molecule has 1 atom stereocenters. The van der Waals surface area contributed by atoms with Gasteiger partial charge in [0, 0.05) is 19.5 Å². The first kappa shape index (κ1) is 17.3. The van der Waals surface area contributed by atoms with Crippen LogP contribution in [-0.4, -0.2) is 41.3 Å². The maximum absolute atomic E-state index is 12.5. The van der Waals surface area contributed by atoms with Crippen LogP contribution in [0, 0.1) is 0 Å². The van der Waals surface area contributed by atoms with Gasteiger partial charge in [-0.2, -0.15) is 0 Å². The van der Waals surface area contributed by atoms with E-state index >= 15 is 0 Å². The lowest BCUT2D eigenvalue weighted by atomic mass is 9.95. The van der Waals surface area contributed by atoms with E-state index in [1.165, 1.54) is 13.5 Å².